The van der Waals surface area contributed by atoms with Crippen molar-refractivity contribution in [2.24, 2.45) is 0 Å². The number of benzene rings is 2. The molecule has 0 aliphatic heterocycles. The molecule has 2 aliphatic rings. The average Bonchev–Trinajstić information content (AvgIpc) is 2.72. The van der Waals surface area contributed by atoms with Gasteiger partial charge in [0.2, 0.25) is 17.3 Å². The van der Waals surface area contributed by atoms with E-state index >= 15 is 0 Å². The predicted molar refractivity (Wildman–Crippen MR) is 108 cm³/mol. The van der Waals surface area contributed by atoms with E-state index in [1.807, 2.05) is 0 Å². The molecule has 1 N–H and O–H groups in total. The van der Waals surface area contributed by atoms with Crippen LogP contribution in [0.4, 0.5) is 0 Å². The minimum Gasteiger partial charge on any atom is -0.506 e. The standard InChI is InChI=1S/C21H11IO6/c1-28-9-6-7-12-13(8-9)18(24)14(16(22)19(12)25)15-17(23)10-4-2-3-5-11(10)20(26)21(15)27/h2-8,23H,1H3. The molecule has 2 aromatic carbocycles. The zero-order valence-corrected chi connectivity index (χ0v) is 16.6. The highest BCUT2D eigenvalue weighted by atomic mass is 127. The average molecular weight is 486 g/mol. The summed E-state index contributed by atoms with van der Waals surface area (Å²) in [6, 6.07) is 10.5. The van der Waals surface area contributed by atoms with Crippen LogP contribution in [0.2, 0.25) is 0 Å². The third-order valence-corrected chi connectivity index (χ3v) is 5.74. The number of aliphatic hydroxyl groups excluding tert-OH is 1. The van der Waals surface area contributed by atoms with Crippen LogP contribution >= 0.6 is 22.6 Å². The quantitative estimate of drug-likeness (QED) is 0.516. The smallest absolute Gasteiger partial charge is 0.238 e. The SMILES string of the molecule is COc1ccc2c(c1)C(=O)C(C1=C(O)c3ccccc3C(=O)C1=O)=C(I)C2=O. The lowest BCUT2D eigenvalue weighted by Gasteiger charge is -2.23. The van der Waals surface area contributed by atoms with Crippen molar-refractivity contribution in [3.8, 4) is 5.75 Å². The highest BCUT2D eigenvalue weighted by molar-refractivity contribution is 14.1. The van der Waals surface area contributed by atoms with Gasteiger partial charge in [-0.15, -0.1) is 0 Å². The summed E-state index contributed by atoms with van der Waals surface area (Å²) in [6.07, 6.45) is 0. The van der Waals surface area contributed by atoms with Gasteiger partial charge >= 0.3 is 0 Å². The normalized spacial score (nSPS) is 16.4. The number of halogens is 1. The molecule has 28 heavy (non-hydrogen) atoms. The summed E-state index contributed by atoms with van der Waals surface area (Å²) in [4.78, 5) is 51.2. The fraction of sp³-hybridized carbons (Fsp3) is 0.0476. The Balaban J connectivity index is 1.99. The number of ether oxygens (including phenoxy) is 1. The van der Waals surface area contributed by atoms with Gasteiger partial charge in [0, 0.05) is 22.3 Å². The van der Waals surface area contributed by atoms with Crippen LogP contribution in [-0.2, 0) is 4.79 Å². The monoisotopic (exact) mass is 486 g/mol. The second-order valence-corrected chi connectivity index (χ2v) is 7.26. The summed E-state index contributed by atoms with van der Waals surface area (Å²) in [5.74, 6) is -3.07. The lowest BCUT2D eigenvalue weighted by Crippen LogP contribution is -2.30. The number of ketones is 4. The third-order valence-electron chi connectivity index (χ3n) is 4.71. The Bertz CT molecular complexity index is 1190. The van der Waals surface area contributed by atoms with Crippen molar-refractivity contribution in [3.05, 3.63) is 79.4 Å². The van der Waals surface area contributed by atoms with Gasteiger partial charge in [0.1, 0.15) is 11.5 Å². The van der Waals surface area contributed by atoms with Crippen LogP contribution in [0.25, 0.3) is 5.76 Å². The molecule has 0 heterocycles. The highest BCUT2D eigenvalue weighted by Gasteiger charge is 2.41. The zero-order chi connectivity index (χ0) is 20.2. The summed E-state index contributed by atoms with van der Waals surface area (Å²) < 4.78 is 5.09. The molecule has 0 atom stereocenters. The Morgan fingerprint density at radius 3 is 2.07 bits per heavy atom. The summed E-state index contributed by atoms with van der Waals surface area (Å²) in [5.41, 5.74) is -0.277. The third kappa shape index (κ3) is 2.46. The van der Waals surface area contributed by atoms with Crippen LogP contribution < -0.4 is 4.74 Å². The van der Waals surface area contributed by atoms with Crippen LogP contribution in [0.3, 0.4) is 0 Å². The summed E-state index contributed by atoms with van der Waals surface area (Å²) in [7, 11) is 1.42. The molecule has 2 aliphatic carbocycles. The molecule has 138 valence electrons. The number of hydrogen-bond acceptors (Lipinski definition) is 6. The summed E-state index contributed by atoms with van der Waals surface area (Å²) in [6.45, 7) is 0. The molecule has 6 nitrogen and oxygen atoms in total. The first-order chi connectivity index (χ1) is 13.4. The maximum absolute atomic E-state index is 13.2. The number of carbonyl (C=O) groups is 4. The minimum absolute atomic E-state index is 0.0256. The van der Waals surface area contributed by atoms with Gasteiger partial charge in [-0.3, -0.25) is 19.2 Å². The van der Waals surface area contributed by atoms with E-state index in [0.29, 0.717) is 5.75 Å². The van der Waals surface area contributed by atoms with E-state index in [9.17, 15) is 24.3 Å². The largest absolute Gasteiger partial charge is 0.506 e. The van der Waals surface area contributed by atoms with Gasteiger partial charge in [0.25, 0.3) is 0 Å². The van der Waals surface area contributed by atoms with E-state index in [2.05, 4.69) is 0 Å². The van der Waals surface area contributed by atoms with E-state index in [-0.39, 0.29) is 31.4 Å². The van der Waals surface area contributed by atoms with Crippen LogP contribution in [-0.4, -0.2) is 35.3 Å². The van der Waals surface area contributed by atoms with Crippen molar-refractivity contribution in [2.45, 2.75) is 0 Å². The Hall–Kier alpha value is -3.07. The van der Waals surface area contributed by atoms with Gasteiger partial charge in [-0.1, -0.05) is 24.3 Å². The van der Waals surface area contributed by atoms with Gasteiger partial charge in [-0.2, -0.15) is 0 Å². The number of aliphatic hydroxyl groups is 1. The molecule has 0 radical (unpaired) electrons. The molecular weight excluding hydrogens is 475 g/mol. The van der Waals surface area contributed by atoms with Gasteiger partial charge in [0.15, 0.2) is 5.78 Å². The molecule has 0 saturated carbocycles. The first-order valence-corrected chi connectivity index (χ1v) is 9.24. The van der Waals surface area contributed by atoms with Gasteiger partial charge < -0.3 is 9.84 Å². The first-order valence-electron chi connectivity index (χ1n) is 8.16. The van der Waals surface area contributed by atoms with E-state index in [1.54, 1.807) is 40.8 Å². The number of fused-ring (bicyclic) bond motifs is 2. The van der Waals surface area contributed by atoms with Crippen molar-refractivity contribution >= 4 is 51.5 Å². The van der Waals surface area contributed by atoms with E-state index in [0.717, 1.165) is 0 Å². The second-order valence-electron chi connectivity index (χ2n) is 6.19. The fourth-order valence-corrected chi connectivity index (χ4v) is 4.13. The van der Waals surface area contributed by atoms with Crippen molar-refractivity contribution < 1.29 is 29.0 Å². The Kier molecular flexibility index (Phi) is 4.26. The molecule has 2 aromatic rings. The molecule has 7 heteroatoms. The van der Waals surface area contributed by atoms with Crippen molar-refractivity contribution in [2.75, 3.05) is 7.11 Å². The fourth-order valence-electron chi connectivity index (χ4n) is 3.32. The van der Waals surface area contributed by atoms with Crippen molar-refractivity contribution in [1.29, 1.82) is 0 Å². The Labute approximate surface area is 172 Å². The van der Waals surface area contributed by atoms with E-state index in [1.165, 1.54) is 31.4 Å². The second kappa shape index (κ2) is 6.52. The number of carbonyl (C=O) groups excluding carboxylic acids is 4. The summed E-state index contributed by atoms with van der Waals surface area (Å²) in [5, 5.41) is 10.7. The van der Waals surface area contributed by atoms with Crippen LogP contribution in [0, 0.1) is 0 Å². The molecule has 0 unspecified atom stereocenters. The maximum atomic E-state index is 13.2. The number of allylic oxidation sites excluding steroid dienone is 3. The summed E-state index contributed by atoms with van der Waals surface area (Å²) >= 11 is 1.67. The molecule has 4 rings (SSSR count). The van der Waals surface area contributed by atoms with Crippen molar-refractivity contribution in [3.63, 3.8) is 0 Å². The number of hydrogen-bond donors (Lipinski definition) is 1. The minimum atomic E-state index is -1.02. The number of Topliss-reactive ketones (excluding diaryl/α,β-unsaturated/α-hetero) is 4. The zero-order valence-electron chi connectivity index (χ0n) is 14.4. The lowest BCUT2D eigenvalue weighted by atomic mass is 9.79. The number of methoxy groups -OCH3 is 1. The van der Waals surface area contributed by atoms with Crippen LogP contribution in [0.5, 0.6) is 5.75 Å². The molecule has 0 saturated heterocycles. The first kappa shape index (κ1) is 18.3. The van der Waals surface area contributed by atoms with Crippen molar-refractivity contribution in [1.82, 2.24) is 0 Å². The number of rotatable bonds is 2. The molecule has 0 spiro atoms. The Morgan fingerprint density at radius 1 is 0.750 bits per heavy atom. The maximum Gasteiger partial charge on any atom is 0.238 e. The Morgan fingerprint density at radius 2 is 1.39 bits per heavy atom. The van der Waals surface area contributed by atoms with Gasteiger partial charge in [-0.05, 0) is 40.8 Å². The van der Waals surface area contributed by atoms with E-state index in [4.69, 9.17) is 4.74 Å². The highest BCUT2D eigenvalue weighted by Crippen LogP contribution is 2.40. The van der Waals surface area contributed by atoms with Crippen LogP contribution in [0.15, 0.2) is 57.2 Å². The van der Waals surface area contributed by atoms with Gasteiger partial charge in [0.05, 0.1) is 21.8 Å². The molecular formula is C21H11IO6. The molecule has 0 fully saturated rings. The van der Waals surface area contributed by atoms with Gasteiger partial charge in [-0.25, -0.2) is 0 Å². The predicted octanol–water partition coefficient (Wildman–Crippen LogP) is 3.50. The molecule has 0 amide bonds. The topological polar surface area (TPSA) is 97.7 Å². The lowest BCUT2D eigenvalue weighted by molar-refractivity contribution is -0.111. The van der Waals surface area contributed by atoms with E-state index < -0.39 is 34.5 Å². The molecule has 0 aromatic heterocycles. The molecule has 0 bridgehead atoms. The van der Waals surface area contributed by atoms with Crippen LogP contribution in [0.1, 0.15) is 36.6 Å².